The highest BCUT2D eigenvalue weighted by molar-refractivity contribution is 6.05. The number of H-pyrrole nitrogens is 1. The van der Waals surface area contributed by atoms with Gasteiger partial charge in [-0.3, -0.25) is 4.79 Å². The number of halogens is 1. The van der Waals surface area contributed by atoms with Crippen molar-refractivity contribution in [3.8, 4) is 11.1 Å². The molecule has 4 aromatic rings. The lowest BCUT2D eigenvalue weighted by Crippen LogP contribution is -2.13. The standard InChI is InChI=1S/C22H17FN2O/c1-14-2-4-15(5-3-14)16-6-8-19(20(23)13-16)22(26)25-18-7-9-21-17(12-18)10-11-24-21/h2-13,24H,1H3,(H,25,26). The first-order valence-electron chi connectivity index (χ1n) is 8.35. The second kappa shape index (κ2) is 6.48. The molecule has 0 bridgehead atoms. The van der Waals surface area contributed by atoms with E-state index in [2.05, 4.69) is 10.3 Å². The van der Waals surface area contributed by atoms with Gasteiger partial charge in [0.2, 0.25) is 0 Å². The first-order valence-corrected chi connectivity index (χ1v) is 8.35. The lowest BCUT2D eigenvalue weighted by Gasteiger charge is -2.08. The van der Waals surface area contributed by atoms with Gasteiger partial charge < -0.3 is 10.3 Å². The van der Waals surface area contributed by atoms with Crippen molar-refractivity contribution in [2.24, 2.45) is 0 Å². The van der Waals surface area contributed by atoms with E-state index in [1.165, 1.54) is 12.1 Å². The van der Waals surface area contributed by atoms with Gasteiger partial charge >= 0.3 is 0 Å². The van der Waals surface area contributed by atoms with E-state index >= 15 is 0 Å². The summed E-state index contributed by atoms with van der Waals surface area (Å²) in [6.07, 6.45) is 1.83. The molecule has 0 aliphatic carbocycles. The Labute approximate surface area is 150 Å². The van der Waals surface area contributed by atoms with Gasteiger partial charge in [0.05, 0.1) is 5.56 Å². The van der Waals surface area contributed by atoms with Gasteiger partial charge in [-0.2, -0.15) is 0 Å². The fourth-order valence-electron chi connectivity index (χ4n) is 2.95. The van der Waals surface area contributed by atoms with Crippen molar-refractivity contribution in [3.05, 3.63) is 89.9 Å². The van der Waals surface area contributed by atoms with Crippen LogP contribution in [0.4, 0.5) is 10.1 Å². The molecular weight excluding hydrogens is 327 g/mol. The van der Waals surface area contributed by atoms with Crippen LogP contribution in [0.1, 0.15) is 15.9 Å². The Bertz CT molecular complexity index is 1100. The van der Waals surface area contributed by atoms with Crippen LogP contribution in [-0.4, -0.2) is 10.9 Å². The zero-order chi connectivity index (χ0) is 18.1. The van der Waals surface area contributed by atoms with E-state index in [4.69, 9.17) is 0 Å². The SMILES string of the molecule is Cc1ccc(-c2ccc(C(=O)Nc3ccc4[nH]ccc4c3)c(F)c2)cc1. The molecule has 128 valence electrons. The fraction of sp³-hybridized carbons (Fsp3) is 0.0455. The van der Waals surface area contributed by atoms with Gasteiger partial charge in [0, 0.05) is 22.8 Å². The average molecular weight is 344 g/mol. The molecule has 4 rings (SSSR count). The molecule has 0 fully saturated rings. The number of carbonyl (C=O) groups excluding carboxylic acids is 1. The minimum absolute atomic E-state index is 0.0232. The number of amides is 1. The van der Waals surface area contributed by atoms with Crippen LogP contribution in [0.2, 0.25) is 0 Å². The second-order valence-corrected chi connectivity index (χ2v) is 6.29. The summed E-state index contributed by atoms with van der Waals surface area (Å²) in [7, 11) is 0. The topological polar surface area (TPSA) is 44.9 Å². The summed E-state index contributed by atoms with van der Waals surface area (Å²) in [6, 6.07) is 19.9. The molecule has 26 heavy (non-hydrogen) atoms. The smallest absolute Gasteiger partial charge is 0.258 e. The first kappa shape index (κ1) is 16.1. The maximum atomic E-state index is 14.5. The number of rotatable bonds is 3. The molecule has 0 spiro atoms. The zero-order valence-electron chi connectivity index (χ0n) is 14.2. The van der Waals surface area contributed by atoms with E-state index in [1.807, 2.05) is 55.6 Å². The number of aromatic nitrogens is 1. The van der Waals surface area contributed by atoms with Crippen LogP contribution in [0, 0.1) is 12.7 Å². The normalized spacial score (nSPS) is 10.8. The summed E-state index contributed by atoms with van der Waals surface area (Å²) >= 11 is 0. The van der Waals surface area contributed by atoms with Crippen LogP contribution < -0.4 is 5.32 Å². The van der Waals surface area contributed by atoms with Crippen LogP contribution in [0.3, 0.4) is 0 Å². The van der Waals surface area contributed by atoms with Gasteiger partial charge in [-0.25, -0.2) is 4.39 Å². The molecule has 0 saturated carbocycles. The summed E-state index contributed by atoms with van der Waals surface area (Å²) < 4.78 is 14.5. The molecule has 2 N–H and O–H groups in total. The number of hydrogen-bond donors (Lipinski definition) is 2. The molecule has 0 saturated heterocycles. The van der Waals surface area contributed by atoms with E-state index < -0.39 is 11.7 Å². The molecule has 4 heteroatoms. The highest BCUT2D eigenvalue weighted by atomic mass is 19.1. The van der Waals surface area contributed by atoms with Crippen LogP contribution in [0.25, 0.3) is 22.0 Å². The van der Waals surface area contributed by atoms with E-state index in [-0.39, 0.29) is 5.56 Å². The summed E-state index contributed by atoms with van der Waals surface area (Å²) in [5.74, 6) is -1.00. The molecule has 0 unspecified atom stereocenters. The highest BCUT2D eigenvalue weighted by Crippen LogP contribution is 2.24. The van der Waals surface area contributed by atoms with Gasteiger partial charge in [-0.15, -0.1) is 0 Å². The molecule has 1 heterocycles. The highest BCUT2D eigenvalue weighted by Gasteiger charge is 2.13. The molecule has 3 nitrogen and oxygen atoms in total. The first-order chi connectivity index (χ1) is 12.6. The number of hydrogen-bond acceptors (Lipinski definition) is 1. The number of aromatic amines is 1. The lowest BCUT2D eigenvalue weighted by molar-refractivity contribution is 0.102. The molecule has 1 aromatic heterocycles. The van der Waals surface area contributed by atoms with Gasteiger partial charge in [0.15, 0.2) is 0 Å². The minimum atomic E-state index is -0.539. The van der Waals surface area contributed by atoms with Crippen molar-refractivity contribution in [3.63, 3.8) is 0 Å². The van der Waals surface area contributed by atoms with Crippen molar-refractivity contribution in [2.45, 2.75) is 6.92 Å². The molecular formula is C22H17FN2O. The molecule has 0 atom stereocenters. The summed E-state index contributed by atoms with van der Waals surface area (Å²) in [4.78, 5) is 15.5. The van der Waals surface area contributed by atoms with Crippen LogP contribution >= 0.6 is 0 Å². The Hall–Kier alpha value is -3.40. The fourth-order valence-corrected chi connectivity index (χ4v) is 2.95. The number of aryl methyl sites for hydroxylation is 1. The quantitative estimate of drug-likeness (QED) is 0.504. The Kier molecular flexibility index (Phi) is 4.01. The number of carbonyl (C=O) groups is 1. The average Bonchev–Trinajstić information content (AvgIpc) is 3.10. The Balaban J connectivity index is 1.58. The molecule has 3 aromatic carbocycles. The van der Waals surface area contributed by atoms with Gasteiger partial charge in [0.1, 0.15) is 5.82 Å². The molecule has 0 aliphatic heterocycles. The third-order valence-electron chi connectivity index (χ3n) is 4.41. The number of fused-ring (bicyclic) bond motifs is 1. The second-order valence-electron chi connectivity index (χ2n) is 6.29. The number of benzene rings is 3. The van der Waals surface area contributed by atoms with Crippen LogP contribution in [0.15, 0.2) is 72.9 Å². The van der Waals surface area contributed by atoms with Crippen LogP contribution in [-0.2, 0) is 0 Å². The molecule has 0 radical (unpaired) electrons. The van der Waals surface area contributed by atoms with E-state index in [0.29, 0.717) is 5.69 Å². The largest absolute Gasteiger partial charge is 0.361 e. The Morgan fingerprint density at radius 2 is 1.69 bits per heavy atom. The van der Waals surface area contributed by atoms with E-state index in [1.54, 1.807) is 12.1 Å². The maximum Gasteiger partial charge on any atom is 0.258 e. The number of nitrogens with one attached hydrogen (secondary N) is 2. The predicted octanol–water partition coefficient (Wildman–Crippen LogP) is 5.53. The minimum Gasteiger partial charge on any atom is -0.361 e. The summed E-state index contributed by atoms with van der Waals surface area (Å²) in [5, 5.41) is 3.74. The third kappa shape index (κ3) is 3.09. The predicted molar refractivity (Wildman–Crippen MR) is 103 cm³/mol. The van der Waals surface area contributed by atoms with E-state index in [9.17, 15) is 9.18 Å². The van der Waals surface area contributed by atoms with Crippen LogP contribution in [0.5, 0.6) is 0 Å². The van der Waals surface area contributed by atoms with Crippen molar-refractivity contribution >= 4 is 22.5 Å². The summed E-state index contributed by atoms with van der Waals surface area (Å²) in [6.45, 7) is 2.00. The maximum absolute atomic E-state index is 14.5. The Morgan fingerprint density at radius 1 is 0.923 bits per heavy atom. The van der Waals surface area contributed by atoms with Gasteiger partial charge in [-0.05, 0) is 54.4 Å². The van der Waals surface area contributed by atoms with Gasteiger partial charge in [-0.1, -0.05) is 35.9 Å². The third-order valence-corrected chi connectivity index (χ3v) is 4.41. The molecule has 0 aliphatic rings. The molecule has 1 amide bonds. The van der Waals surface area contributed by atoms with Gasteiger partial charge in [0.25, 0.3) is 5.91 Å². The van der Waals surface area contributed by atoms with Crippen molar-refractivity contribution in [1.82, 2.24) is 4.98 Å². The lowest BCUT2D eigenvalue weighted by atomic mass is 10.0. The van der Waals surface area contributed by atoms with Crippen molar-refractivity contribution in [2.75, 3.05) is 5.32 Å². The Morgan fingerprint density at radius 3 is 2.46 bits per heavy atom. The monoisotopic (exact) mass is 344 g/mol. The van der Waals surface area contributed by atoms with Crippen molar-refractivity contribution < 1.29 is 9.18 Å². The van der Waals surface area contributed by atoms with Crippen molar-refractivity contribution in [1.29, 1.82) is 0 Å². The zero-order valence-corrected chi connectivity index (χ0v) is 14.2. The number of anilines is 1. The van der Waals surface area contributed by atoms with E-state index in [0.717, 1.165) is 27.6 Å². The summed E-state index contributed by atoms with van der Waals surface area (Å²) in [5.41, 5.74) is 4.44.